The normalized spacial score (nSPS) is 26.7. The lowest BCUT2D eigenvalue weighted by Gasteiger charge is -2.19. The third-order valence-corrected chi connectivity index (χ3v) is 4.29. The van der Waals surface area contributed by atoms with Crippen LogP contribution in [0.3, 0.4) is 0 Å². The van der Waals surface area contributed by atoms with Crippen molar-refractivity contribution in [3.8, 4) is 0 Å². The smallest absolute Gasteiger partial charge is 0.314 e. The average Bonchev–Trinajstić information content (AvgIpc) is 3.14. The van der Waals surface area contributed by atoms with Crippen molar-refractivity contribution in [2.75, 3.05) is 11.9 Å². The Balaban J connectivity index is 1.75. The molecule has 1 N–H and O–H groups in total. The minimum absolute atomic E-state index is 0.102. The van der Waals surface area contributed by atoms with E-state index >= 15 is 0 Å². The van der Waals surface area contributed by atoms with Crippen LogP contribution in [0.1, 0.15) is 31.7 Å². The van der Waals surface area contributed by atoms with Crippen LogP contribution in [0.5, 0.6) is 0 Å². The van der Waals surface area contributed by atoms with Gasteiger partial charge in [0.2, 0.25) is 5.82 Å². The van der Waals surface area contributed by atoms with Gasteiger partial charge in [0.1, 0.15) is 0 Å². The fraction of sp³-hybridized carbons (Fsp3) is 0.643. The van der Waals surface area contributed by atoms with Crippen LogP contribution in [0.15, 0.2) is 12.3 Å². The zero-order chi connectivity index (χ0) is 14.3. The molecule has 0 spiro atoms. The van der Waals surface area contributed by atoms with E-state index in [1.54, 1.807) is 19.2 Å². The maximum Gasteiger partial charge on any atom is 0.314 e. The number of anilines is 1. The van der Waals surface area contributed by atoms with E-state index in [0.29, 0.717) is 17.4 Å². The number of aromatic nitrogens is 1. The zero-order valence-corrected chi connectivity index (χ0v) is 11.9. The molecule has 6 heteroatoms. The number of aryl methyl sites for hydroxylation is 1. The van der Waals surface area contributed by atoms with Gasteiger partial charge >= 0.3 is 5.69 Å². The maximum absolute atomic E-state index is 11.2. The Morgan fingerprint density at radius 2 is 2.25 bits per heavy atom. The molecule has 1 saturated carbocycles. The summed E-state index contributed by atoms with van der Waals surface area (Å²) in [6.07, 6.45) is 5.23. The van der Waals surface area contributed by atoms with Crippen molar-refractivity contribution in [3.63, 3.8) is 0 Å². The van der Waals surface area contributed by atoms with Gasteiger partial charge in [0.25, 0.3) is 0 Å². The predicted molar refractivity (Wildman–Crippen MR) is 76.8 cm³/mol. The van der Waals surface area contributed by atoms with E-state index in [1.807, 2.05) is 0 Å². The van der Waals surface area contributed by atoms with Crippen LogP contribution in [-0.2, 0) is 0 Å². The maximum atomic E-state index is 11.2. The van der Waals surface area contributed by atoms with Crippen LogP contribution < -0.4 is 5.32 Å². The van der Waals surface area contributed by atoms with E-state index in [4.69, 9.17) is 0 Å². The number of hydrogen-bond acceptors (Lipinski definition) is 5. The summed E-state index contributed by atoms with van der Waals surface area (Å²) in [5, 5.41) is 14.5. The van der Waals surface area contributed by atoms with Crippen LogP contribution in [0.25, 0.3) is 0 Å². The summed E-state index contributed by atoms with van der Waals surface area (Å²) >= 11 is 0. The third kappa shape index (κ3) is 2.47. The van der Waals surface area contributed by atoms with Crippen LogP contribution in [0.2, 0.25) is 0 Å². The molecule has 2 atom stereocenters. The standard InChI is InChI=1S/C14H20N4O2/c1-9-5-6-15-14(13(9)18(19)20)16-11-7-10(2)17(8-11)12-3-4-12/h5-6,10-12H,3-4,7-8H2,1-2H3,(H,15,16)/t10-,11-/m0/s1. The van der Waals surface area contributed by atoms with Crippen LogP contribution in [0.4, 0.5) is 11.5 Å². The lowest BCUT2D eigenvalue weighted by Crippen LogP contribution is -2.31. The Morgan fingerprint density at radius 3 is 2.90 bits per heavy atom. The summed E-state index contributed by atoms with van der Waals surface area (Å²) < 4.78 is 0. The number of pyridine rings is 1. The van der Waals surface area contributed by atoms with Gasteiger partial charge in [-0.25, -0.2) is 4.98 Å². The van der Waals surface area contributed by atoms with Gasteiger partial charge in [0.05, 0.1) is 4.92 Å². The Hall–Kier alpha value is -1.69. The molecular weight excluding hydrogens is 256 g/mol. The third-order valence-electron chi connectivity index (χ3n) is 4.29. The second kappa shape index (κ2) is 5.01. The minimum Gasteiger partial charge on any atom is -0.360 e. The summed E-state index contributed by atoms with van der Waals surface area (Å²) in [6, 6.07) is 3.21. The molecule has 2 fully saturated rings. The van der Waals surface area contributed by atoms with Crippen molar-refractivity contribution in [2.24, 2.45) is 0 Å². The predicted octanol–water partition coefficient (Wildman–Crippen LogP) is 2.34. The second-order valence-electron chi connectivity index (χ2n) is 5.94. The minimum atomic E-state index is -0.346. The van der Waals surface area contributed by atoms with Gasteiger partial charge < -0.3 is 5.32 Å². The molecule has 1 aromatic rings. The van der Waals surface area contributed by atoms with Crippen molar-refractivity contribution in [3.05, 3.63) is 27.9 Å². The van der Waals surface area contributed by atoms with E-state index in [9.17, 15) is 10.1 Å². The molecule has 108 valence electrons. The van der Waals surface area contributed by atoms with Crippen molar-refractivity contribution in [1.82, 2.24) is 9.88 Å². The molecular formula is C14H20N4O2. The topological polar surface area (TPSA) is 71.3 Å². The van der Waals surface area contributed by atoms with Crippen LogP contribution in [-0.4, -0.2) is 39.5 Å². The quantitative estimate of drug-likeness (QED) is 0.675. The van der Waals surface area contributed by atoms with E-state index in [0.717, 1.165) is 19.0 Å². The molecule has 0 bridgehead atoms. The van der Waals surface area contributed by atoms with Gasteiger partial charge in [-0.05, 0) is 39.2 Å². The van der Waals surface area contributed by atoms with Crippen LogP contribution >= 0.6 is 0 Å². The molecule has 3 rings (SSSR count). The summed E-state index contributed by atoms with van der Waals surface area (Å²) in [4.78, 5) is 17.5. The van der Waals surface area contributed by atoms with Gasteiger partial charge in [0, 0.05) is 36.4 Å². The molecule has 2 aliphatic rings. The molecule has 0 unspecified atom stereocenters. The Labute approximate surface area is 118 Å². The highest BCUT2D eigenvalue weighted by Gasteiger charge is 2.39. The van der Waals surface area contributed by atoms with Gasteiger partial charge in [-0.2, -0.15) is 0 Å². The molecule has 0 radical (unpaired) electrons. The van der Waals surface area contributed by atoms with Crippen LogP contribution in [0, 0.1) is 17.0 Å². The fourth-order valence-corrected chi connectivity index (χ4v) is 3.16. The van der Waals surface area contributed by atoms with E-state index in [2.05, 4.69) is 22.1 Å². The highest BCUT2D eigenvalue weighted by molar-refractivity contribution is 5.60. The molecule has 1 aliphatic heterocycles. The molecule has 20 heavy (non-hydrogen) atoms. The molecule has 1 saturated heterocycles. The highest BCUT2D eigenvalue weighted by Crippen LogP contribution is 2.35. The SMILES string of the molecule is Cc1ccnc(N[C@H]2C[C@H](C)N(C3CC3)C2)c1[N+](=O)[O-]. The largest absolute Gasteiger partial charge is 0.360 e. The van der Waals surface area contributed by atoms with Crippen molar-refractivity contribution in [2.45, 2.75) is 51.2 Å². The van der Waals surface area contributed by atoms with E-state index < -0.39 is 0 Å². The molecule has 1 aromatic heterocycles. The summed E-state index contributed by atoms with van der Waals surface area (Å²) in [6.45, 7) is 4.94. The van der Waals surface area contributed by atoms with Crippen molar-refractivity contribution < 1.29 is 4.92 Å². The molecule has 0 aromatic carbocycles. The van der Waals surface area contributed by atoms with Crippen molar-refractivity contribution >= 4 is 11.5 Å². The number of rotatable bonds is 4. The number of likely N-dealkylation sites (tertiary alicyclic amines) is 1. The van der Waals surface area contributed by atoms with Gasteiger partial charge in [-0.1, -0.05) is 0 Å². The van der Waals surface area contributed by atoms with E-state index in [-0.39, 0.29) is 16.7 Å². The summed E-state index contributed by atoms with van der Waals surface area (Å²) in [5.41, 5.74) is 0.752. The number of hydrogen-bond donors (Lipinski definition) is 1. The lowest BCUT2D eigenvalue weighted by molar-refractivity contribution is -0.384. The van der Waals surface area contributed by atoms with Crippen molar-refractivity contribution in [1.29, 1.82) is 0 Å². The Kier molecular flexibility index (Phi) is 3.33. The van der Waals surface area contributed by atoms with Gasteiger partial charge in [0.15, 0.2) is 0 Å². The Morgan fingerprint density at radius 1 is 1.50 bits per heavy atom. The molecule has 6 nitrogen and oxygen atoms in total. The average molecular weight is 276 g/mol. The first-order chi connectivity index (χ1) is 9.56. The number of nitro groups is 1. The monoisotopic (exact) mass is 276 g/mol. The Bertz CT molecular complexity index is 530. The summed E-state index contributed by atoms with van der Waals surface area (Å²) in [5.74, 6) is 0.407. The lowest BCUT2D eigenvalue weighted by atomic mass is 10.2. The molecule has 2 heterocycles. The zero-order valence-electron chi connectivity index (χ0n) is 11.9. The highest BCUT2D eigenvalue weighted by atomic mass is 16.6. The number of nitrogens with zero attached hydrogens (tertiary/aromatic N) is 3. The fourth-order valence-electron chi connectivity index (χ4n) is 3.16. The first kappa shape index (κ1) is 13.3. The number of nitrogens with one attached hydrogen (secondary N) is 1. The molecule has 1 aliphatic carbocycles. The summed E-state index contributed by atoms with van der Waals surface area (Å²) in [7, 11) is 0. The van der Waals surface area contributed by atoms with Gasteiger partial charge in [-0.15, -0.1) is 0 Å². The van der Waals surface area contributed by atoms with E-state index in [1.165, 1.54) is 12.8 Å². The first-order valence-corrected chi connectivity index (χ1v) is 7.18. The van der Waals surface area contributed by atoms with Gasteiger partial charge in [-0.3, -0.25) is 15.0 Å². The second-order valence-corrected chi connectivity index (χ2v) is 5.94. The first-order valence-electron chi connectivity index (χ1n) is 7.18. The molecule has 0 amide bonds.